The minimum absolute atomic E-state index is 0.0210. The molecule has 6 heteroatoms. The lowest BCUT2D eigenvalue weighted by molar-refractivity contribution is -0.0371. The van der Waals surface area contributed by atoms with Crippen molar-refractivity contribution in [2.45, 2.75) is 46.3 Å². The summed E-state index contributed by atoms with van der Waals surface area (Å²) in [6, 6.07) is 4.08. The van der Waals surface area contributed by atoms with Crippen molar-refractivity contribution in [1.29, 1.82) is 0 Å². The Hall–Kier alpha value is -2.21. The average molecular weight is 312 g/mol. The second-order valence-electron chi connectivity index (χ2n) is 6.12. The van der Waals surface area contributed by atoms with Gasteiger partial charge in [-0.3, -0.25) is 0 Å². The highest BCUT2D eigenvalue weighted by molar-refractivity contribution is 5.81. The number of hydrogen-bond donors (Lipinski definition) is 0. The molecule has 1 unspecified atom stereocenters. The van der Waals surface area contributed by atoms with Gasteiger partial charge in [-0.1, -0.05) is 5.16 Å². The van der Waals surface area contributed by atoms with Gasteiger partial charge in [0.25, 0.3) is 0 Å². The molecule has 0 bridgehead atoms. The van der Waals surface area contributed by atoms with Crippen LogP contribution in [0, 0.1) is 20.8 Å². The highest BCUT2D eigenvalue weighted by atomic mass is 16.5. The molecule has 0 spiro atoms. The van der Waals surface area contributed by atoms with E-state index in [1.165, 1.54) is 0 Å². The third-order valence-electron chi connectivity index (χ3n) is 4.46. The quantitative estimate of drug-likeness (QED) is 0.721. The van der Waals surface area contributed by atoms with Crippen LogP contribution in [0.15, 0.2) is 16.7 Å². The first-order valence-corrected chi connectivity index (χ1v) is 8.06. The fourth-order valence-corrected chi connectivity index (χ4v) is 3.27. The van der Waals surface area contributed by atoms with Gasteiger partial charge in [0.05, 0.1) is 22.6 Å². The van der Waals surface area contributed by atoms with Crippen molar-refractivity contribution < 1.29 is 9.26 Å². The monoisotopic (exact) mass is 312 g/mol. The summed E-state index contributed by atoms with van der Waals surface area (Å²) in [4.78, 5) is 4.86. The third kappa shape index (κ3) is 2.34. The minimum atomic E-state index is -0.0210. The summed E-state index contributed by atoms with van der Waals surface area (Å²) in [5, 5.41) is 9.76. The summed E-state index contributed by atoms with van der Waals surface area (Å²) >= 11 is 0. The molecular weight excluding hydrogens is 292 g/mol. The fourth-order valence-electron chi connectivity index (χ4n) is 3.27. The Kier molecular flexibility index (Phi) is 3.41. The molecule has 6 nitrogen and oxygen atoms in total. The molecule has 0 radical (unpaired) electrons. The Labute approximate surface area is 134 Å². The largest absolute Gasteiger partial charge is 0.361 e. The van der Waals surface area contributed by atoms with Crippen LogP contribution in [0.25, 0.3) is 22.3 Å². The highest BCUT2D eigenvalue weighted by Gasteiger charge is 2.22. The second kappa shape index (κ2) is 5.45. The Morgan fingerprint density at radius 2 is 2.00 bits per heavy atom. The number of hydrogen-bond acceptors (Lipinski definition) is 5. The summed E-state index contributed by atoms with van der Waals surface area (Å²) in [6.45, 7) is 6.64. The molecule has 0 N–H and O–H groups in total. The zero-order valence-electron chi connectivity index (χ0n) is 13.7. The van der Waals surface area contributed by atoms with Crippen molar-refractivity contribution in [2.24, 2.45) is 0 Å². The molecule has 4 heterocycles. The van der Waals surface area contributed by atoms with Crippen molar-refractivity contribution in [2.75, 3.05) is 6.61 Å². The lowest BCUT2D eigenvalue weighted by Crippen LogP contribution is -2.19. The summed E-state index contributed by atoms with van der Waals surface area (Å²) < 4.78 is 13.1. The molecule has 23 heavy (non-hydrogen) atoms. The molecule has 1 fully saturated rings. The van der Waals surface area contributed by atoms with E-state index >= 15 is 0 Å². The molecule has 120 valence electrons. The van der Waals surface area contributed by atoms with Gasteiger partial charge in [0.2, 0.25) is 0 Å². The Balaban J connectivity index is 1.87. The minimum Gasteiger partial charge on any atom is -0.361 e. The Bertz CT molecular complexity index is 839. The van der Waals surface area contributed by atoms with E-state index in [-0.39, 0.29) is 6.23 Å². The maximum Gasteiger partial charge on any atom is 0.161 e. The number of pyridine rings is 1. The van der Waals surface area contributed by atoms with Crippen molar-refractivity contribution >= 4 is 11.0 Å². The van der Waals surface area contributed by atoms with Crippen molar-refractivity contribution in [3.05, 3.63) is 29.3 Å². The van der Waals surface area contributed by atoms with Crippen LogP contribution in [0.1, 0.15) is 42.6 Å². The van der Waals surface area contributed by atoms with Crippen molar-refractivity contribution in [3.63, 3.8) is 0 Å². The van der Waals surface area contributed by atoms with Gasteiger partial charge in [-0.15, -0.1) is 0 Å². The van der Waals surface area contributed by atoms with Crippen LogP contribution in [-0.4, -0.2) is 26.5 Å². The van der Waals surface area contributed by atoms with E-state index in [1.54, 1.807) is 0 Å². The summed E-state index contributed by atoms with van der Waals surface area (Å²) in [5.74, 6) is 0.783. The maximum absolute atomic E-state index is 5.89. The van der Waals surface area contributed by atoms with Crippen LogP contribution < -0.4 is 0 Å². The second-order valence-corrected chi connectivity index (χ2v) is 6.12. The van der Waals surface area contributed by atoms with Crippen molar-refractivity contribution in [1.82, 2.24) is 19.9 Å². The van der Waals surface area contributed by atoms with Crippen LogP contribution in [0.3, 0.4) is 0 Å². The first-order valence-electron chi connectivity index (χ1n) is 8.06. The highest BCUT2D eigenvalue weighted by Crippen LogP contribution is 2.30. The molecule has 0 saturated carbocycles. The standard InChI is InChI=1S/C17H20N4O2/c1-10-13-7-8-14(16-11(2)20-23-12(16)3)18-17(13)21(19-10)15-6-4-5-9-22-15/h7-8,15H,4-6,9H2,1-3H3. The normalized spacial score (nSPS) is 18.7. The number of aromatic nitrogens is 4. The van der Waals surface area contributed by atoms with E-state index in [2.05, 4.69) is 16.3 Å². The van der Waals surface area contributed by atoms with Crippen LogP contribution in [0.2, 0.25) is 0 Å². The topological polar surface area (TPSA) is 66.0 Å². The number of nitrogens with zero attached hydrogens (tertiary/aromatic N) is 4. The Morgan fingerprint density at radius 3 is 2.70 bits per heavy atom. The SMILES string of the molecule is Cc1noc(C)c1-c1ccc2c(C)nn(C3CCCCO3)c2n1. The number of ether oxygens (including phenoxy) is 1. The first kappa shape index (κ1) is 14.4. The molecule has 4 rings (SSSR count). The fraction of sp³-hybridized carbons (Fsp3) is 0.471. The number of rotatable bonds is 2. The van der Waals surface area contributed by atoms with E-state index in [0.717, 1.165) is 65.3 Å². The van der Waals surface area contributed by atoms with Gasteiger partial charge >= 0.3 is 0 Å². The van der Waals surface area contributed by atoms with E-state index in [9.17, 15) is 0 Å². The molecule has 3 aromatic rings. The molecule has 1 atom stereocenters. The Morgan fingerprint density at radius 1 is 1.13 bits per heavy atom. The zero-order valence-corrected chi connectivity index (χ0v) is 13.7. The van der Waals surface area contributed by atoms with Gasteiger partial charge in [-0.2, -0.15) is 5.10 Å². The van der Waals surface area contributed by atoms with Crippen LogP contribution in [0.4, 0.5) is 0 Å². The number of fused-ring (bicyclic) bond motifs is 1. The maximum atomic E-state index is 5.89. The summed E-state index contributed by atoms with van der Waals surface area (Å²) in [5.41, 5.74) is 4.53. The van der Waals surface area contributed by atoms with E-state index in [0.29, 0.717) is 0 Å². The zero-order chi connectivity index (χ0) is 16.0. The van der Waals surface area contributed by atoms with Gasteiger partial charge in [0, 0.05) is 12.0 Å². The molecule has 1 aliphatic rings. The molecule has 0 aromatic carbocycles. The van der Waals surface area contributed by atoms with Gasteiger partial charge in [0.1, 0.15) is 5.76 Å². The van der Waals surface area contributed by atoms with Gasteiger partial charge < -0.3 is 9.26 Å². The predicted octanol–water partition coefficient (Wildman–Crippen LogP) is 3.71. The molecule has 0 amide bonds. The van der Waals surface area contributed by atoms with Gasteiger partial charge in [0.15, 0.2) is 11.9 Å². The predicted molar refractivity (Wildman–Crippen MR) is 86.1 cm³/mol. The molecule has 3 aromatic heterocycles. The average Bonchev–Trinajstić information content (AvgIpc) is 3.08. The first-order chi connectivity index (χ1) is 11.1. The van der Waals surface area contributed by atoms with E-state index in [4.69, 9.17) is 14.2 Å². The van der Waals surface area contributed by atoms with Crippen LogP contribution in [-0.2, 0) is 4.74 Å². The molecule has 0 aliphatic carbocycles. The van der Waals surface area contributed by atoms with Gasteiger partial charge in [-0.05, 0) is 52.2 Å². The van der Waals surface area contributed by atoms with Gasteiger partial charge in [-0.25, -0.2) is 9.67 Å². The summed E-state index contributed by atoms with van der Waals surface area (Å²) in [6.07, 6.45) is 3.24. The lowest BCUT2D eigenvalue weighted by atomic mass is 10.1. The lowest BCUT2D eigenvalue weighted by Gasteiger charge is -2.23. The third-order valence-corrected chi connectivity index (χ3v) is 4.46. The molecular formula is C17H20N4O2. The smallest absolute Gasteiger partial charge is 0.161 e. The van der Waals surface area contributed by atoms with Crippen LogP contribution in [0.5, 0.6) is 0 Å². The molecule has 1 saturated heterocycles. The van der Waals surface area contributed by atoms with E-state index in [1.807, 2.05) is 31.5 Å². The molecule has 1 aliphatic heterocycles. The van der Waals surface area contributed by atoms with Crippen LogP contribution >= 0.6 is 0 Å². The van der Waals surface area contributed by atoms with E-state index < -0.39 is 0 Å². The summed E-state index contributed by atoms with van der Waals surface area (Å²) in [7, 11) is 0. The number of aryl methyl sites for hydroxylation is 3. The van der Waals surface area contributed by atoms with Crippen molar-refractivity contribution in [3.8, 4) is 11.3 Å².